The minimum atomic E-state index is -0.344. The maximum absolute atomic E-state index is 12.3. The lowest BCUT2D eigenvalue weighted by Gasteiger charge is -2.24. The third-order valence-electron chi connectivity index (χ3n) is 3.34. The lowest BCUT2D eigenvalue weighted by molar-refractivity contribution is -0.132. The molecule has 0 aliphatic rings. The van der Waals surface area contributed by atoms with E-state index in [1.807, 2.05) is 38.1 Å². The number of aryl methyl sites for hydroxylation is 1. The highest BCUT2D eigenvalue weighted by Crippen LogP contribution is 2.18. The number of hydrogen-bond acceptors (Lipinski definition) is 3. The van der Waals surface area contributed by atoms with E-state index in [4.69, 9.17) is 5.11 Å². The van der Waals surface area contributed by atoms with Gasteiger partial charge in [-0.25, -0.2) is 0 Å². The van der Waals surface area contributed by atoms with Crippen molar-refractivity contribution in [2.75, 3.05) is 19.7 Å². The third kappa shape index (κ3) is 5.55. The van der Waals surface area contributed by atoms with Gasteiger partial charge in [0.2, 0.25) is 11.8 Å². The first-order chi connectivity index (χ1) is 9.97. The number of rotatable bonds is 7. The van der Waals surface area contributed by atoms with E-state index in [1.54, 1.807) is 4.90 Å². The van der Waals surface area contributed by atoms with Crippen molar-refractivity contribution in [3.8, 4) is 0 Å². The summed E-state index contributed by atoms with van der Waals surface area (Å²) in [7, 11) is 0. The Hall–Kier alpha value is -1.88. The Kier molecular flexibility index (Phi) is 6.88. The Morgan fingerprint density at radius 1 is 1.29 bits per heavy atom. The number of benzene rings is 1. The second-order valence-electron chi connectivity index (χ2n) is 5.06. The number of carbonyl (C=O) groups excluding carboxylic acids is 2. The summed E-state index contributed by atoms with van der Waals surface area (Å²) in [6, 6.07) is 7.42. The highest BCUT2D eigenvalue weighted by molar-refractivity contribution is 5.79. The standard InChI is InChI=1S/C16H24N2O3/c1-4-18(9-10-19)16(21)11-15(17-13(3)20)14-7-5-12(2)6-8-14/h5-8,15,19H,4,9-11H2,1-3H3,(H,17,20). The van der Waals surface area contributed by atoms with E-state index in [0.717, 1.165) is 11.1 Å². The maximum Gasteiger partial charge on any atom is 0.225 e. The average molecular weight is 292 g/mol. The molecule has 1 rings (SSSR count). The molecule has 2 N–H and O–H groups in total. The normalized spacial score (nSPS) is 11.8. The van der Waals surface area contributed by atoms with Crippen molar-refractivity contribution in [1.82, 2.24) is 10.2 Å². The van der Waals surface area contributed by atoms with Crippen molar-refractivity contribution in [2.24, 2.45) is 0 Å². The lowest BCUT2D eigenvalue weighted by Crippen LogP contribution is -2.37. The van der Waals surface area contributed by atoms with Gasteiger partial charge in [-0.1, -0.05) is 29.8 Å². The Bertz CT molecular complexity index is 471. The van der Waals surface area contributed by atoms with Gasteiger partial charge in [0.25, 0.3) is 0 Å². The van der Waals surface area contributed by atoms with Crippen LogP contribution in [0.5, 0.6) is 0 Å². The number of likely N-dealkylation sites (N-methyl/N-ethyl adjacent to an activating group) is 1. The monoisotopic (exact) mass is 292 g/mol. The van der Waals surface area contributed by atoms with Crippen molar-refractivity contribution < 1.29 is 14.7 Å². The summed E-state index contributed by atoms with van der Waals surface area (Å²) in [5.74, 6) is -0.246. The Balaban J connectivity index is 2.85. The Labute approximate surface area is 126 Å². The molecule has 0 aliphatic heterocycles. The molecule has 0 spiro atoms. The summed E-state index contributed by atoms with van der Waals surface area (Å²) in [5.41, 5.74) is 2.03. The summed E-state index contributed by atoms with van der Waals surface area (Å²) >= 11 is 0. The molecule has 0 fully saturated rings. The highest BCUT2D eigenvalue weighted by atomic mass is 16.3. The SMILES string of the molecule is CCN(CCO)C(=O)CC(NC(C)=O)c1ccc(C)cc1. The highest BCUT2D eigenvalue weighted by Gasteiger charge is 2.20. The first-order valence-electron chi connectivity index (χ1n) is 7.20. The third-order valence-corrected chi connectivity index (χ3v) is 3.34. The first-order valence-corrected chi connectivity index (χ1v) is 7.20. The smallest absolute Gasteiger partial charge is 0.225 e. The minimum absolute atomic E-state index is 0.0606. The summed E-state index contributed by atoms with van der Waals surface area (Å²) in [5, 5.41) is 11.8. The van der Waals surface area contributed by atoms with Crippen LogP contribution in [-0.2, 0) is 9.59 Å². The van der Waals surface area contributed by atoms with Crippen molar-refractivity contribution in [3.63, 3.8) is 0 Å². The molecule has 5 heteroatoms. The Morgan fingerprint density at radius 3 is 2.38 bits per heavy atom. The van der Waals surface area contributed by atoms with E-state index in [0.29, 0.717) is 13.1 Å². The van der Waals surface area contributed by atoms with Gasteiger partial charge in [0.15, 0.2) is 0 Å². The van der Waals surface area contributed by atoms with Gasteiger partial charge in [0, 0.05) is 20.0 Å². The number of hydrogen-bond donors (Lipinski definition) is 2. The Morgan fingerprint density at radius 2 is 1.90 bits per heavy atom. The van der Waals surface area contributed by atoms with Crippen LogP contribution in [0.3, 0.4) is 0 Å². The van der Waals surface area contributed by atoms with Crippen LogP contribution >= 0.6 is 0 Å². The van der Waals surface area contributed by atoms with Crippen LogP contribution < -0.4 is 5.32 Å². The van der Waals surface area contributed by atoms with E-state index in [-0.39, 0.29) is 30.9 Å². The quantitative estimate of drug-likeness (QED) is 0.798. The zero-order valence-electron chi connectivity index (χ0n) is 12.9. The van der Waals surface area contributed by atoms with Crippen LogP contribution in [0.15, 0.2) is 24.3 Å². The van der Waals surface area contributed by atoms with Gasteiger partial charge in [-0.05, 0) is 19.4 Å². The molecule has 1 aromatic rings. The van der Waals surface area contributed by atoms with Crippen molar-refractivity contribution in [2.45, 2.75) is 33.2 Å². The predicted octanol–water partition coefficient (Wildman–Crippen LogP) is 1.40. The molecule has 0 saturated carbocycles. The second-order valence-corrected chi connectivity index (χ2v) is 5.06. The van der Waals surface area contributed by atoms with Crippen LogP contribution in [0, 0.1) is 6.92 Å². The van der Waals surface area contributed by atoms with Crippen LogP contribution in [0.1, 0.15) is 37.4 Å². The molecule has 1 aromatic carbocycles. The van der Waals surface area contributed by atoms with Crippen LogP contribution in [0.4, 0.5) is 0 Å². The summed E-state index contributed by atoms with van der Waals surface area (Å²) in [4.78, 5) is 25.2. The molecule has 0 saturated heterocycles. The molecule has 0 radical (unpaired) electrons. The van der Waals surface area contributed by atoms with Crippen LogP contribution in [-0.4, -0.2) is 41.5 Å². The summed E-state index contributed by atoms with van der Waals surface area (Å²) < 4.78 is 0. The topological polar surface area (TPSA) is 69.6 Å². The summed E-state index contributed by atoms with van der Waals surface area (Å²) in [6.45, 7) is 6.09. The van der Waals surface area contributed by atoms with E-state index in [1.165, 1.54) is 6.92 Å². The molecule has 1 unspecified atom stereocenters. The number of nitrogens with one attached hydrogen (secondary N) is 1. The van der Waals surface area contributed by atoms with Gasteiger partial charge in [-0.2, -0.15) is 0 Å². The molecule has 0 aliphatic carbocycles. The fourth-order valence-corrected chi connectivity index (χ4v) is 2.18. The number of carbonyl (C=O) groups is 2. The van der Waals surface area contributed by atoms with Gasteiger partial charge in [0.1, 0.15) is 0 Å². The molecule has 116 valence electrons. The lowest BCUT2D eigenvalue weighted by atomic mass is 10.0. The van der Waals surface area contributed by atoms with Gasteiger partial charge in [-0.3, -0.25) is 9.59 Å². The first kappa shape index (κ1) is 17.2. The van der Waals surface area contributed by atoms with Gasteiger partial charge < -0.3 is 15.3 Å². The molecule has 0 bridgehead atoms. The van der Waals surface area contributed by atoms with Gasteiger partial charge in [0.05, 0.1) is 19.1 Å². The van der Waals surface area contributed by atoms with Crippen LogP contribution in [0.25, 0.3) is 0 Å². The summed E-state index contributed by atoms with van der Waals surface area (Å²) in [6.07, 6.45) is 0.191. The fraction of sp³-hybridized carbons (Fsp3) is 0.500. The molecule has 2 amide bonds. The van der Waals surface area contributed by atoms with Crippen molar-refractivity contribution in [1.29, 1.82) is 0 Å². The van der Waals surface area contributed by atoms with E-state index >= 15 is 0 Å². The predicted molar refractivity (Wildman–Crippen MR) is 81.7 cm³/mol. The van der Waals surface area contributed by atoms with E-state index in [9.17, 15) is 9.59 Å². The van der Waals surface area contributed by atoms with Gasteiger partial charge in [-0.15, -0.1) is 0 Å². The molecule has 21 heavy (non-hydrogen) atoms. The largest absolute Gasteiger partial charge is 0.395 e. The minimum Gasteiger partial charge on any atom is -0.395 e. The number of amides is 2. The molecule has 1 atom stereocenters. The van der Waals surface area contributed by atoms with Gasteiger partial charge >= 0.3 is 0 Å². The van der Waals surface area contributed by atoms with E-state index < -0.39 is 0 Å². The van der Waals surface area contributed by atoms with E-state index in [2.05, 4.69) is 5.32 Å². The van der Waals surface area contributed by atoms with Crippen molar-refractivity contribution in [3.05, 3.63) is 35.4 Å². The number of nitrogens with zero attached hydrogens (tertiary/aromatic N) is 1. The zero-order valence-corrected chi connectivity index (χ0v) is 12.9. The molecule has 0 heterocycles. The second kappa shape index (κ2) is 8.42. The molecule has 5 nitrogen and oxygen atoms in total. The zero-order chi connectivity index (χ0) is 15.8. The maximum atomic E-state index is 12.3. The number of aliphatic hydroxyl groups excluding tert-OH is 1. The number of aliphatic hydroxyl groups is 1. The fourth-order valence-electron chi connectivity index (χ4n) is 2.18. The van der Waals surface area contributed by atoms with Crippen LogP contribution in [0.2, 0.25) is 0 Å². The molecule has 0 aromatic heterocycles. The molecular weight excluding hydrogens is 268 g/mol. The van der Waals surface area contributed by atoms with Crippen molar-refractivity contribution >= 4 is 11.8 Å². The molecular formula is C16H24N2O3. The average Bonchev–Trinajstić information content (AvgIpc) is 2.44.